The summed E-state index contributed by atoms with van der Waals surface area (Å²) in [6.45, 7) is 9.54. The maximum Gasteiger partial charge on any atom is 0.0710 e. The van der Waals surface area contributed by atoms with Crippen LogP contribution in [0.1, 0.15) is 19.8 Å². The van der Waals surface area contributed by atoms with Crippen LogP contribution < -0.4 is 5.32 Å². The third kappa shape index (κ3) is 3.41. The molecule has 2 atom stereocenters. The lowest BCUT2D eigenvalue weighted by atomic mass is 9.86. The van der Waals surface area contributed by atoms with Gasteiger partial charge in [-0.2, -0.15) is 0 Å². The smallest absolute Gasteiger partial charge is 0.0710 e. The van der Waals surface area contributed by atoms with E-state index in [0.717, 1.165) is 39.4 Å². The number of nitrogens with zero attached hydrogens (tertiary/aromatic N) is 1. The van der Waals surface area contributed by atoms with Crippen LogP contribution in [0.25, 0.3) is 0 Å². The zero-order valence-corrected chi connectivity index (χ0v) is 11.2. The van der Waals surface area contributed by atoms with Crippen molar-refractivity contribution in [2.24, 2.45) is 5.41 Å². The van der Waals surface area contributed by atoms with Crippen LogP contribution in [0.15, 0.2) is 0 Å². The summed E-state index contributed by atoms with van der Waals surface area (Å²) in [4.78, 5) is 2.54. The Hall–Kier alpha value is -0.160. The molecule has 17 heavy (non-hydrogen) atoms. The third-order valence-electron chi connectivity index (χ3n) is 4.06. The van der Waals surface area contributed by atoms with Gasteiger partial charge in [0.05, 0.1) is 12.7 Å². The van der Waals surface area contributed by atoms with E-state index in [-0.39, 0.29) is 0 Å². The highest BCUT2D eigenvalue weighted by Gasteiger charge is 2.37. The van der Waals surface area contributed by atoms with E-state index in [1.807, 2.05) is 7.11 Å². The molecule has 0 spiro atoms. The first-order valence-corrected chi connectivity index (χ1v) is 6.81. The van der Waals surface area contributed by atoms with Crippen LogP contribution in [0.2, 0.25) is 0 Å². The second kappa shape index (κ2) is 6.14. The van der Waals surface area contributed by atoms with Gasteiger partial charge in [0.25, 0.3) is 0 Å². The van der Waals surface area contributed by atoms with Crippen molar-refractivity contribution < 1.29 is 9.47 Å². The standard InChI is InChI=1S/C13H26N2O2/c1-3-14-9-13(5-7-17-11-13)10-15-6-4-12(8-15)16-2/h12,14H,3-11H2,1-2H3. The molecule has 0 aromatic heterocycles. The molecule has 100 valence electrons. The Morgan fingerprint density at radius 1 is 1.53 bits per heavy atom. The van der Waals surface area contributed by atoms with Gasteiger partial charge in [-0.05, 0) is 19.4 Å². The molecule has 4 heteroatoms. The lowest BCUT2D eigenvalue weighted by Crippen LogP contribution is -2.44. The molecule has 0 aromatic carbocycles. The summed E-state index contributed by atoms with van der Waals surface area (Å²) >= 11 is 0. The van der Waals surface area contributed by atoms with Gasteiger partial charge in [-0.1, -0.05) is 6.92 Å². The van der Waals surface area contributed by atoms with E-state index in [0.29, 0.717) is 11.5 Å². The Bertz CT molecular complexity index is 229. The van der Waals surface area contributed by atoms with Crippen molar-refractivity contribution in [3.63, 3.8) is 0 Å². The maximum atomic E-state index is 5.62. The first-order valence-electron chi connectivity index (χ1n) is 6.81. The summed E-state index contributed by atoms with van der Waals surface area (Å²) in [6, 6.07) is 0. The normalized spacial score (nSPS) is 34.6. The lowest BCUT2D eigenvalue weighted by Gasteiger charge is -2.32. The topological polar surface area (TPSA) is 33.7 Å². The van der Waals surface area contributed by atoms with Crippen LogP contribution in [0.5, 0.6) is 0 Å². The third-order valence-corrected chi connectivity index (χ3v) is 4.06. The fourth-order valence-electron chi connectivity index (χ4n) is 2.97. The molecular formula is C13H26N2O2. The second-order valence-corrected chi connectivity index (χ2v) is 5.46. The maximum absolute atomic E-state index is 5.62. The zero-order chi connectivity index (χ0) is 12.1. The molecule has 0 aliphatic carbocycles. The number of nitrogens with one attached hydrogen (secondary N) is 1. The van der Waals surface area contributed by atoms with Gasteiger partial charge in [-0.3, -0.25) is 4.90 Å². The van der Waals surface area contributed by atoms with Crippen LogP contribution >= 0.6 is 0 Å². The number of likely N-dealkylation sites (tertiary alicyclic amines) is 1. The van der Waals surface area contributed by atoms with Gasteiger partial charge >= 0.3 is 0 Å². The van der Waals surface area contributed by atoms with E-state index < -0.39 is 0 Å². The van der Waals surface area contributed by atoms with Gasteiger partial charge in [0.2, 0.25) is 0 Å². The number of methoxy groups -OCH3 is 1. The van der Waals surface area contributed by atoms with Crippen molar-refractivity contribution in [2.45, 2.75) is 25.9 Å². The largest absolute Gasteiger partial charge is 0.381 e. The quantitative estimate of drug-likeness (QED) is 0.744. The average Bonchev–Trinajstić information content (AvgIpc) is 2.97. The predicted octanol–water partition coefficient (Wildman–Crippen LogP) is 0.723. The van der Waals surface area contributed by atoms with Crippen molar-refractivity contribution in [3.8, 4) is 0 Å². The van der Waals surface area contributed by atoms with Gasteiger partial charge in [0.1, 0.15) is 0 Å². The number of rotatable bonds is 6. The molecule has 2 heterocycles. The van der Waals surface area contributed by atoms with Crippen molar-refractivity contribution in [1.82, 2.24) is 10.2 Å². The van der Waals surface area contributed by atoms with E-state index in [4.69, 9.17) is 9.47 Å². The van der Waals surface area contributed by atoms with Gasteiger partial charge in [0.15, 0.2) is 0 Å². The lowest BCUT2D eigenvalue weighted by molar-refractivity contribution is 0.0887. The molecule has 2 aliphatic heterocycles. The minimum Gasteiger partial charge on any atom is -0.381 e. The van der Waals surface area contributed by atoms with Gasteiger partial charge in [0, 0.05) is 45.3 Å². The van der Waals surface area contributed by atoms with E-state index in [1.165, 1.54) is 19.4 Å². The van der Waals surface area contributed by atoms with Crippen molar-refractivity contribution >= 4 is 0 Å². The SMILES string of the molecule is CCNCC1(CN2CCC(OC)C2)CCOC1. The Morgan fingerprint density at radius 3 is 3.00 bits per heavy atom. The predicted molar refractivity (Wildman–Crippen MR) is 68.3 cm³/mol. The first-order chi connectivity index (χ1) is 8.28. The molecule has 2 unspecified atom stereocenters. The summed E-state index contributed by atoms with van der Waals surface area (Å²) in [7, 11) is 1.82. The van der Waals surface area contributed by atoms with Crippen molar-refractivity contribution in [3.05, 3.63) is 0 Å². The van der Waals surface area contributed by atoms with E-state index >= 15 is 0 Å². The second-order valence-electron chi connectivity index (χ2n) is 5.46. The molecule has 2 saturated heterocycles. The molecule has 0 radical (unpaired) electrons. The van der Waals surface area contributed by atoms with Crippen LogP contribution in [0.3, 0.4) is 0 Å². The fourth-order valence-corrected chi connectivity index (χ4v) is 2.97. The summed E-state index contributed by atoms with van der Waals surface area (Å²) < 4.78 is 11.1. The first kappa shape index (κ1) is 13.3. The molecule has 0 amide bonds. The summed E-state index contributed by atoms with van der Waals surface area (Å²) in [6.07, 6.45) is 2.80. The Labute approximate surface area is 105 Å². The minimum atomic E-state index is 0.332. The summed E-state index contributed by atoms with van der Waals surface area (Å²) in [5.41, 5.74) is 0.332. The minimum absolute atomic E-state index is 0.332. The highest BCUT2D eigenvalue weighted by molar-refractivity contribution is 4.90. The number of hydrogen-bond donors (Lipinski definition) is 1. The zero-order valence-electron chi connectivity index (χ0n) is 11.2. The molecule has 2 fully saturated rings. The van der Waals surface area contributed by atoms with Crippen molar-refractivity contribution in [1.29, 1.82) is 0 Å². The molecule has 2 aliphatic rings. The number of ether oxygens (including phenoxy) is 2. The molecule has 0 bridgehead atoms. The molecule has 1 N–H and O–H groups in total. The Kier molecular flexibility index (Phi) is 4.79. The van der Waals surface area contributed by atoms with Crippen molar-refractivity contribution in [2.75, 3.05) is 53.0 Å². The van der Waals surface area contributed by atoms with Crippen LogP contribution in [0.4, 0.5) is 0 Å². The highest BCUT2D eigenvalue weighted by atomic mass is 16.5. The van der Waals surface area contributed by atoms with E-state index in [2.05, 4.69) is 17.1 Å². The Balaban J connectivity index is 1.85. The molecule has 4 nitrogen and oxygen atoms in total. The molecule has 2 rings (SSSR count). The Morgan fingerprint density at radius 2 is 2.41 bits per heavy atom. The molecule has 0 aromatic rings. The summed E-state index contributed by atoms with van der Waals surface area (Å²) in [5.74, 6) is 0. The van der Waals surface area contributed by atoms with Crippen LogP contribution in [0, 0.1) is 5.41 Å². The fraction of sp³-hybridized carbons (Fsp3) is 1.00. The summed E-state index contributed by atoms with van der Waals surface area (Å²) in [5, 5.41) is 3.49. The van der Waals surface area contributed by atoms with Gasteiger partial charge in [-0.25, -0.2) is 0 Å². The molecule has 0 saturated carbocycles. The van der Waals surface area contributed by atoms with Crippen LogP contribution in [-0.2, 0) is 9.47 Å². The average molecular weight is 242 g/mol. The van der Waals surface area contributed by atoms with Gasteiger partial charge < -0.3 is 14.8 Å². The number of hydrogen-bond acceptors (Lipinski definition) is 4. The van der Waals surface area contributed by atoms with Crippen LogP contribution in [-0.4, -0.2) is 64.1 Å². The molecular weight excluding hydrogens is 216 g/mol. The van der Waals surface area contributed by atoms with E-state index in [9.17, 15) is 0 Å². The monoisotopic (exact) mass is 242 g/mol. The van der Waals surface area contributed by atoms with Gasteiger partial charge in [-0.15, -0.1) is 0 Å². The van der Waals surface area contributed by atoms with E-state index in [1.54, 1.807) is 0 Å². The highest BCUT2D eigenvalue weighted by Crippen LogP contribution is 2.30.